The Kier molecular flexibility index (Phi) is 6.10. The first-order chi connectivity index (χ1) is 25.3. The summed E-state index contributed by atoms with van der Waals surface area (Å²) in [7, 11) is 0. The van der Waals surface area contributed by atoms with Gasteiger partial charge >= 0.3 is 0 Å². The standard InChI is InChI=1S/C47H30N2OS/c1-2-13-29(14-3-1)46-48-40(30-25-26-34-33-17-6-11-24-43(33)51-44(34)27-30)28-41(49-46)35-18-12-22-39-45(35)50-42-23-10-9-21-38(42)47(39)36-19-7-4-15-31(36)32-16-5-8-20-37(32)47/h1-28,46,49H. The van der Waals surface area contributed by atoms with Crippen molar-refractivity contribution < 1.29 is 4.74 Å². The van der Waals surface area contributed by atoms with Gasteiger partial charge in [0, 0.05) is 48.1 Å². The van der Waals surface area contributed by atoms with Gasteiger partial charge < -0.3 is 10.1 Å². The van der Waals surface area contributed by atoms with Crippen molar-refractivity contribution in [3.05, 3.63) is 209 Å². The van der Waals surface area contributed by atoms with Crippen LogP contribution in [0.15, 0.2) is 175 Å². The SMILES string of the molecule is C1=C(c2cccc3c2Oc2ccccc2C32c3ccccc3-c3ccccc32)NC(c2ccccc2)N=C1c1ccc2c(c1)sc1ccccc12. The number of hydrogen-bond donors (Lipinski definition) is 1. The maximum Gasteiger partial charge on any atom is 0.145 e. The van der Waals surface area contributed by atoms with Crippen LogP contribution in [-0.4, -0.2) is 5.71 Å². The third-order valence-corrected chi connectivity index (χ3v) is 11.9. The number of rotatable bonds is 3. The van der Waals surface area contributed by atoms with Gasteiger partial charge in [-0.3, -0.25) is 4.99 Å². The number of nitrogens with zero attached hydrogens (tertiary/aromatic N) is 1. The molecule has 240 valence electrons. The number of allylic oxidation sites excluding steroid dienone is 1. The highest BCUT2D eigenvalue weighted by Crippen LogP contribution is 2.62. The van der Waals surface area contributed by atoms with Crippen molar-refractivity contribution >= 4 is 42.9 Å². The van der Waals surface area contributed by atoms with Crippen molar-refractivity contribution in [2.45, 2.75) is 11.6 Å². The van der Waals surface area contributed by atoms with Gasteiger partial charge in [0.1, 0.15) is 17.7 Å². The predicted octanol–water partition coefficient (Wildman–Crippen LogP) is 11.7. The van der Waals surface area contributed by atoms with Crippen LogP contribution in [0.5, 0.6) is 11.5 Å². The third-order valence-electron chi connectivity index (χ3n) is 10.8. The molecule has 3 heterocycles. The highest BCUT2D eigenvalue weighted by molar-refractivity contribution is 7.25. The van der Waals surface area contributed by atoms with E-state index in [1.807, 2.05) is 11.3 Å². The lowest BCUT2D eigenvalue weighted by Gasteiger charge is -2.40. The van der Waals surface area contributed by atoms with Crippen LogP contribution in [0.3, 0.4) is 0 Å². The molecular weight excluding hydrogens is 641 g/mol. The molecule has 3 aliphatic rings. The topological polar surface area (TPSA) is 33.6 Å². The van der Waals surface area contributed by atoms with Gasteiger partial charge in [-0.15, -0.1) is 11.3 Å². The molecule has 1 atom stereocenters. The largest absolute Gasteiger partial charge is 0.456 e. The van der Waals surface area contributed by atoms with Crippen molar-refractivity contribution in [1.82, 2.24) is 5.32 Å². The van der Waals surface area contributed by atoms with E-state index in [0.717, 1.165) is 45.2 Å². The van der Waals surface area contributed by atoms with Gasteiger partial charge in [0.05, 0.1) is 11.1 Å². The maximum atomic E-state index is 7.03. The Morgan fingerprint density at radius 3 is 2.02 bits per heavy atom. The summed E-state index contributed by atoms with van der Waals surface area (Å²) in [6, 6.07) is 58.9. The molecule has 1 unspecified atom stereocenters. The average molecular weight is 671 g/mol. The maximum absolute atomic E-state index is 7.03. The van der Waals surface area contributed by atoms with Crippen LogP contribution >= 0.6 is 11.3 Å². The fourth-order valence-electron chi connectivity index (χ4n) is 8.62. The minimum atomic E-state index is -0.523. The number of hydrogen-bond acceptors (Lipinski definition) is 4. The Morgan fingerprint density at radius 1 is 0.549 bits per heavy atom. The normalized spacial score (nSPS) is 16.4. The van der Waals surface area contributed by atoms with Crippen LogP contribution in [0, 0.1) is 0 Å². The summed E-state index contributed by atoms with van der Waals surface area (Å²) in [5.41, 5.74) is 12.0. The van der Waals surface area contributed by atoms with Gasteiger partial charge in [0.25, 0.3) is 0 Å². The summed E-state index contributed by atoms with van der Waals surface area (Å²) in [5.74, 6) is 1.75. The highest BCUT2D eigenvalue weighted by Gasteiger charge is 2.51. The van der Waals surface area contributed by atoms with Gasteiger partial charge in [-0.05, 0) is 58.2 Å². The number of ether oxygens (including phenoxy) is 1. The Bertz CT molecular complexity index is 2730. The van der Waals surface area contributed by atoms with E-state index in [-0.39, 0.29) is 6.17 Å². The molecule has 1 N–H and O–H groups in total. The first-order valence-electron chi connectivity index (χ1n) is 17.4. The lowest BCUT2D eigenvalue weighted by Crippen LogP contribution is -2.33. The van der Waals surface area contributed by atoms with Crippen molar-refractivity contribution in [2.75, 3.05) is 0 Å². The minimum absolute atomic E-state index is 0.270. The fraction of sp³-hybridized carbons (Fsp3) is 0.0426. The molecule has 0 radical (unpaired) electrons. The molecule has 4 heteroatoms. The molecule has 0 bridgehead atoms. The smallest absolute Gasteiger partial charge is 0.145 e. The third kappa shape index (κ3) is 4.08. The van der Waals surface area contributed by atoms with E-state index < -0.39 is 5.41 Å². The monoisotopic (exact) mass is 670 g/mol. The molecule has 7 aromatic carbocycles. The Hall–Kier alpha value is -6.23. The molecule has 1 spiro atoms. The predicted molar refractivity (Wildman–Crippen MR) is 210 cm³/mol. The molecule has 8 aromatic rings. The highest BCUT2D eigenvalue weighted by atomic mass is 32.1. The molecular formula is C47H30N2OS. The second-order valence-corrected chi connectivity index (χ2v) is 14.5. The molecule has 0 amide bonds. The summed E-state index contributed by atoms with van der Waals surface area (Å²) in [6.07, 6.45) is 1.93. The first kappa shape index (κ1) is 28.6. The molecule has 0 saturated heterocycles. The van der Waals surface area contributed by atoms with E-state index in [2.05, 4.69) is 175 Å². The summed E-state index contributed by atoms with van der Waals surface area (Å²) in [5, 5.41) is 6.41. The summed E-state index contributed by atoms with van der Waals surface area (Å²) >= 11 is 1.83. The summed E-state index contributed by atoms with van der Waals surface area (Å²) < 4.78 is 9.59. The first-order valence-corrected chi connectivity index (χ1v) is 18.2. The Balaban J connectivity index is 1.14. The van der Waals surface area contributed by atoms with E-state index in [4.69, 9.17) is 9.73 Å². The van der Waals surface area contributed by atoms with Gasteiger partial charge in [-0.2, -0.15) is 0 Å². The minimum Gasteiger partial charge on any atom is -0.456 e. The van der Waals surface area contributed by atoms with Gasteiger partial charge in [0.15, 0.2) is 0 Å². The molecule has 1 aliphatic carbocycles. The number of nitrogens with one attached hydrogen (secondary N) is 1. The molecule has 51 heavy (non-hydrogen) atoms. The lowest BCUT2D eigenvalue weighted by molar-refractivity contribution is 0.434. The van der Waals surface area contributed by atoms with Crippen molar-refractivity contribution in [2.24, 2.45) is 4.99 Å². The fourth-order valence-corrected chi connectivity index (χ4v) is 9.76. The van der Waals surface area contributed by atoms with Crippen LogP contribution in [0.25, 0.3) is 37.0 Å². The molecule has 0 fully saturated rings. The average Bonchev–Trinajstić information content (AvgIpc) is 3.72. The zero-order chi connectivity index (χ0) is 33.5. The molecule has 3 nitrogen and oxygen atoms in total. The van der Waals surface area contributed by atoms with Gasteiger partial charge in [-0.25, -0.2) is 0 Å². The molecule has 0 saturated carbocycles. The second kappa shape index (κ2) is 10.9. The number of aliphatic imine (C=N–C) groups is 1. The number of para-hydroxylation sites is 2. The zero-order valence-corrected chi connectivity index (χ0v) is 28.3. The van der Waals surface area contributed by atoms with E-state index >= 15 is 0 Å². The van der Waals surface area contributed by atoms with Crippen LogP contribution in [0.4, 0.5) is 0 Å². The van der Waals surface area contributed by atoms with Crippen LogP contribution in [0.2, 0.25) is 0 Å². The van der Waals surface area contributed by atoms with E-state index in [1.54, 1.807) is 0 Å². The van der Waals surface area contributed by atoms with Crippen molar-refractivity contribution in [3.8, 4) is 22.6 Å². The van der Waals surface area contributed by atoms with Crippen molar-refractivity contribution in [3.63, 3.8) is 0 Å². The van der Waals surface area contributed by atoms with Gasteiger partial charge in [-0.1, -0.05) is 140 Å². The van der Waals surface area contributed by atoms with Gasteiger partial charge in [0.2, 0.25) is 0 Å². The van der Waals surface area contributed by atoms with Crippen molar-refractivity contribution in [1.29, 1.82) is 0 Å². The molecule has 2 aliphatic heterocycles. The summed E-state index contributed by atoms with van der Waals surface area (Å²) in [6.45, 7) is 0. The second-order valence-electron chi connectivity index (χ2n) is 13.5. The molecule has 1 aromatic heterocycles. The van der Waals surface area contributed by atoms with Crippen LogP contribution in [0.1, 0.15) is 45.1 Å². The van der Waals surface area contributed by atoms with Crippen LogP contribution in [-0.2, 0) is 5.41 Å². The number of benzene rings is 7. The Morgan fingerprint density at radius 2 is 1.20 bits per heavy atom. The molecule has 11 rings (SSSR count). The lowest BCUT2D eigenvalue weighted by atomic mass is 9.65. The van der Waals surface area contributed by atoms with E-state index in [9.17, 15) is 0 Å². The number of thiophene rings is 1. The number of fused-ring (bicyclic) bond motifs is 12. The van der Waals surface area contributed by atoms with E-state index in [1.165, 1.54) is 48.0 Å². The zero-order valence-electron chi connectivity index (χ0n) is 27.5. The van der Waals surface area contributed by atoms with E-state index in [0.29, 0.717) is 0 Å². The quantitative estimate of drug-likeness (QED) is 0.203. The summed E-state index contributed by atoms with van der Waals surface area (Å²) in [4.78, 5) is 5.33. The van der Waals surface area contributed by atoms with Crippen LogP contribution < -0.4 is 10.1 Å². The Labute approximate surface area is 299 Å².